The molecule has 4 rings (SSSR count). The normalized spacial score (nSPS) is 13.7. The number of fused-ring (bicyclic) bond motifs is 1. The molecule has 0 bridgehead atoms. The van der Waals surface area contributed by atoms with Crippen molar-refractivity contribution in [1.82, 2.24) is 4.90 Å². The Balaban J connectivity index is 1.51. The SMILES string of the molecule is CC(C)C(C(=O)O)N1Cc2ccc(-c3ccc(NC(=O)c4ccc(F)c(F)c4)cc3)cc2C1=O. The Bertz CT molecular complexity index is 1290. The highest BCUT2D eigenvalue weighted by molar-refractivity contribution is 6.04. The Morgan fingerprint density at radius 2 is 1.62 bits per heavy atom. The van der Waals surface area contributed by atoms with Crippen LogP contribution in [0.5, 0.6) is 0 Å². The van der Waals surface area contributed by atoms with Gasteiger partial charge in [-0.3, -0.25) is 9.59 Å². The molecule has 0 saturated carbocycles. The molecule has 8 heteroatoms. The van der Waals surface area contributed by atoms with E-state index in [2.05, 4.69) is 5.32 Å². The fourth-order valence-electron chi connectivity index (χ4n) is 4.09. The fraction of sp³-hybridized carbons (Fsp3) is 0.192. The molecular weight excluding hydrogens is 442 g/mol. The molecule has 2 N–H and O–H groups in total. The van der Waals surface area contributed by atoms with Gasteiger partial charge in [-0.2, -0.15) is 0 Å². The monoisotopic (exact) mass is 464 g/mol. The number of carboxylic acids is 1. The average Bonchev–Trinajstić information content (AvgIpc) is 3.11. The first-order valence-corrected chi connectivity index (χ1v) is 10.7. The molecule has 1 unspecified atom stereocenters. The first kappa shape index (κ1) is 23.1. The molecule has 0 saturated heterocycles. The maximum atomic E-state index is 13.4. The van der Waals surface area contributed by atoms with Crippen LogP contribution in [0, 0.1) is 17.6 Å². The number of halogens is 2. The van der Waals surface area contributed by atoms with Gasteiger partial charge in [-0.15, -0.1) is 0 Å². The molecule has 34 heavy (non-hydrogen) atoms. The van der Waals surface area contributed by atoms with E-state index in [0.717, 1.165) is 28.8 Å². The number of rotatable bonds is 6. The van der Waals surface area contributed by atoms with E-state index < -0.39 is 29.6 Å². The van der Waals surface area contributed by atoms with Gasteiger partial charge in [-0.1, -0.05) is 38.1 Å². The summed E-state index contributed by atoms with van der Waals surface area (Å²) < 4.78 is 26.5. The van der Waals surface area contributed by atoms with Crippen LogP contribution >= 0.6 is 0 Å². The van der Waals surface area contributed by atoms with Crippen LogP contribution in [-0.2, 0) is 11.3 Å². The highest BCUT2D eigenvalue weighted by atomic mass is 19.2. The second-order valence-corrected chi connectivity index (χ2v) is 8.49. The molecule has 3 aromatic rings. The number of benzene rings is 3. The van der Waals surface area contributed by atoms with E-state index in [1.54, 1.807) is 44.2 Å². The van der Waals surface area contributed by atoms with Crippen molar-refractivity contribution in [3.05, 3.63) is 89.0 Å². The van der Waals surface area contributed by atoms with E-state index in [0.29, 0.717) is 11.3 Å². The summed E-state index contributed by atoms with van der Waals surface area (Å²) in [6, 6.07) is 14.3. The molecule has 0 spiro atoms. The first-order valence-electron chi connectivity index (χ1n) is 10.7. The molecule has 0 fully saturated rings. The lowest BCUT2D eigenvalue weighted by Crippen LogP contribution is -2.44. The summed E-state index contributed by atoms with van der Waals surface area (Å²) in [7, 11) is 0. The Morgan fingerprint density at radius 1 is 0.941 bits per heavy atom. The van der Waals surface area contributed by atoms with Crippen LogP contribution < -0.4 is 5.32 Å². The molecule has 1 aliphatic rings. The predicted octanol–water partition coefficient (Wildman–Crippen LogP) is 4.95. The Morgan fingerprint density at radius 3 is 2.24 bits per heavy atom. The van der Waals surface area contributed by atoms with Crippen LogP contribution in [0.1, 0.15) is 40.1 Å². The van der Waals surface area contributed by atoms with Crippen molar-refractivity contribution in [2.75, 3.05) is 5.32 Å². The van der Waals surface area contributed by atoms with Gasteiger partial charge >= 0.3 is 5.97 Å². The molecule has 1 atom stereocenters. The predicted molar refractivity (Wildman–Crippen MR) is 122 cm³/mol. The molecule has 174 valence electrons. The zero-order valence-electron chi connectivity index (χ0n) is 18.5. The molecule has 0 radical (unpaired) electrons. The fourth-order valence-corrected chi connectivity index (χ4v) is 4.09. The van der Waals surface area contributed by atoms with Crippen LogP contribution in [0.3, 0.4) is 0 Å². The maximum absolute atomic E-state index is 13.4. The Hall–Kier alpha value is -4.07. The number of amides is 2. The summed E-state index contributed by atoms with van der Waals surface area (Å²) in [5, 5.41) is 12.2. The van der Waals surface area contributed by atoms with Crippen LogP contribution in [0.15, 0.2) is 60.7 Å². The van der Waals surface area contributed by atoms with Crippen molar-refractivity contribution in [2.45, 2.75) is 26.4 Å². The minimum absolute atomic E-state index is 0.00859. The summed E-state index contributed by atoms with van der Waals surface area (Å²) >= 11 is 0. The zero-order valence-corrected chi connectivity index (χ0v) is 18.5. The molecule has 0 aromatic heterocycles. The van der Waals surface area contributed by atoms with Crippen LogP contribution in [-0.4, -0.2) is 33.8 Å². The number of hydrogen-bond acceptors (Lipinski definition) is 3. The van der Waals surface area contributed by atoms with E-state index in [1.165, 1.54) is 11.0 Å². The lowest BCUT2D eigenvalue weighted by Gasteiger charge is -2.27. The third-order valence-electron chi connectivity index (χ3n) is 5.82. The van der Waals surface area contributed by atoms with Gasteiger partial charge in [0.05, 0.1) is 0 Å². The highest BCUT2D eigenvalue weighted by Gasteiger charge is 2.38. The topological polar surface area (TPSA) is 86.7 Å². The van der Waals surface area contributed by atoms with E-state index >= 15 is 0 Å². The van der Waals surface area contributed by atoms with Gasteiger partial charge < -0.3 is 15.3 Å². The minimum atomic E-state index is -1.10. The molecule has 3 aromatic carbocycles. The van der Waals surface area contributed by atoms with Crippen molar-refractivity contribution in [3.8, 4) is 11.1 Å². The lowest BCUT2D eigenvalue weighted by atomic mass is 10.00. The van der Waals surface area contributed by atoms with E-state index in [4.69, 9.17) is 0 Å². The van der Waals surface area contributed by atoms with Crippen molar-refractivity contribution >= 4 is 23.5 Å². The van der Waals surface area contributed by atoms with Gasteiger partial charge in [0.15, 0.2) is 11.6 Å². The summed E-state index contributed by atoms with van der Waals surface area (Å²) in [5.74, 6) is -4.28. The van der Waals surface area contributed by atoms with Gasteiger partial charge in [-0.05, 0) is 59.0 Å². The smallest absolute Gasteiger partial charge is 0.326 e. The van der Waals surface area contributed by atoms with Gasteiger partial charge in [-0.25, -0.2) is 13.6 Å². The van der Waals surface area contributed by atoms with Crippen molar-refractivity contribution in [3.63, 3.8) is 0 Å². The molecule has 1 aliphatic heterocycles. The molecule has 1 heterocycles. The van der Waals surface area contributed by atoms with Crippen LogP contribution in [0.2, 0.25) is 0 Å². The number of aliphatic carboxylic acids is 1. The zero-order chi connectivity index (χ0) is 24.6. The molecule has 6 nitrogen and oxygen atoms in total. The maximum Gasteiger partial charge on any atom is 0.326 e. The number of carbonyl (C=O) groups is 3. The first-order chi connectivity index (χ1) is 16.2. The average molecular weight is 464 g/mol. The molecular formula is C26H22F2N2O4. The van der Waals surface area contributed by atoms with Crippen molar-refractivity contribution in [1.29, 1.82) is 0 Å². The second kappa shape index (κ2) is 9.05. The number of carbonyl (C=O) groups excluding carboxylic acids is 2. The van der Waals surface area contributed by atoms with E-state index in [9.17, 15) is 28.3 Å². The Kier molecular flexibility index (Phi) is 6.15. The van der Waals surface area contributed by atoms with Gasteiger partial charge in [0.2, 0.25) is 0 Å². The van der Waals surface area contributed by atoms with Crippen LogP contribution in [0.25, 0.3) is 11.1 Å². The van der Waals surface area contributed by atoms with Crippen molar-refractivity contribution in [2.24, 2.45) is 5.92 Å². The summed E-state index contributed by atoms with van der Waals surface area (Å²) in [4.78, 5) is 38.3. The largest absolute Gasteiger partial charge is 0.480 e. The van der Waals surface area contributed by atoms with E-state index in [-0.39, 0.29) is 23.9 Å². The number of nitrogens with zero attached hydrogens (tertiary/aromatic N) is 1. The lowest BCUT2D eigenvalue weighted by molar-refractivity contribution is -0.144. The standard InChI is InChI=1S/C26H22F2N2O4/c1-14(2)23(26(33)34)30-13-18-4-3-16(11-20(18)25(30)32)15-5-8-19(9-6-15)29-24(31)17-7-10-21(27)22(28)12-17/h3-12,14,23H,13H2,1-2H3,(H,29,31)(H,33,34). The van der Waals surface area contributed by atoms with Crippen LogP contribution in [0.4, 0.5) is 14.5 Å². The van der Waals surface area contributed by atoms with Crippen molar-refractivity contribution < 1.29 is 28.3 Å². The summed E-state index contributed by atoms with van der Waals surface area (Å²) in [5.41, 5.74) is 3.26. The highest BCUT2D eigenvalue weighted by Crippen LogP contribution is 2.31. The molecule has 2 amide bonds. The third-order valence-corrected chi connectivity index (χ3v) is 5.82. The minimum Gasteiger partial charge on any atom is -0.480 e. The third kappa shape index (κ3) is 4.39. The van der Waals surface area contributed by atoms with Gasteiger partial charge in [0.25, 0.3) is 11.8 Å². The van der Waals surface area contributed by atoms with Gasteiger partial charge in [0, 0.05) is 23.4 Å². The Labute approximate surface area is 194 Å². The summed E-state index contributed by atoms with van der Waals surface area (Å²) in [6.07, 6.45) is 0. The number of nitrogens with one attached hydrogen (secondary N) is 1. The van der Waals surface area contributed by atoms with Gasteiger partial charge in [0.1, 0.15) is 6.04 Å². The number of anilines is 1. The number of hydrogen-bond donors (Lipinski definition) is 2. The molecule has 0 aliphatic carbocycles. The summed E-state index contributed by atoms with van der Waals surface area (Å²) in [6.45, 7) is 3.79. The quantitative estimate of drug-likeness (QED) is 0.541. The number of carboxylic acid groups (broad SMARTS) is 1. The van der Waals surface area contributed by atoms with E-state index in [1.807, 2.05) is 12.1 Å². The second-order valence-electron chi connectivity index (χ2n) is 8.49.